The molecule has 0 aliphatic carbocycles. The number of carbonyl (C=O) groups is 3. The lowest BCUT2D eigenvalue weighted by atomic mass is 10.1. The zero-order valence-electron chi connectivity index (χ0n) is 19.0. The Morgan fingerprint density at radius 1 is 1.12 bits per heavy atom. The Morgan fingerprint density at radius 3 is 2.56 bits per heavy atom. The van der Waals surface area contributed by atoms with Gasteiger partial charge in [-0.2, -0.15) is 0 Å². The second-order valence-corrected chi connectivity index (χ2v) is 8.60. The van der Waals surface area contributed by atoms with Crippen molar-refractivity contribution in [1.82, 2.24) is 10.3 Å². The van der Waals surface area contributed by atoms with Gasteiger partial charge in [0.15, 0.2) is 6.61 Å². The molecule has 0 aliphatic heterocycles. The highest BCUT2D eigenvalue weighted by atomic mass is 16.6. The lowest BCUT2D eigenvalue weighted by Crippen LogP contribution is -2.45. The fourth-order valence-corrected chi connectivity index (χ4v) is 3.28. The first-order valence-corrected chi connectivity index (χ1v) is 10.5. The summed E-state index contributed by atoms with van der Waals surface area (Å²) in [5.74, 6) is -1.45. The molecule has 34 heavy (non-hydrogen) atoms. The van der Waals surface area contributed by atoms with Gasteiger partial charge in [-0.15, -0.1) is 0 Å². The standard InChI is InChI=1S/C24H25N3O7/c1-24(2,3)34-23(30)26-20(12-16-13-25-19-10-5-4-9-18(16)19)22(29)33-14-21(28)15-7-6-8-17(11-15)27(31)32/h4-11,13,20,25H,12,14H2,1-3H3,(H,26,30)/t20-/m0/s1. The van der Waals surface area contributed by atoms with Crippen LogP contribution < -0.4 is 5.32 Å². The fourth-order valence-electron chi connectivity index (χ4n) is 3.28. The number of benzene rings is 2. The number of esters is 1. The van der Waals surface area contributed by atoms with Crippen LogP contribution in [0.5, 0.6) is 0 Å². The Morgan fingerprint density at radius 2 is 1.85 bits per heavy atom. The van der Waals surface area contributed by atoms with Crippen LogP contribution in [0.2, 0.25) is 0 Å². The van der Waals surface area contributed by atoms with Crippen LogP contribution in [-0.4, -0.2) is 46.0 Å². The number of carbonyl (C=O) groups excluding carboxylic acids is 3. The molecule has 0 aliphatic rings. The topological polar surface area (TPSA) is 141 Å². The lowest BCUT2D eigenvalue weighted by molar-refractivity contribution is -0.384. The van der Waals surface area contributed by atoms with E-state index >= 15 is 0 Å². The average molecular weight is 467 g/mol. The number of ketones is 1. The number of nitrogens with zero attached hydrogens (tertiary/aromatic N) is 1. The molecular formula is C24H25N3O7. The Bertz CT molecular complexity index is 1230. The van der Waals surface area contributed by atoms with Crippen LogP contribution in [-0.2, 0) is 20.7 Å². The van der Waals surface area contributed by atoms with Crippen LogP contribution in [0.25, 0.3) is 10.9 Å². The Labute approximate surface area is 195 Å². The van der Waals surface area contributed by atoms with Crippen molar-refractivity contribution in [3.05, 3.63) is 76.0 Å². The number of hydrogen-bond acceptors (Lipinski definition) is 7. The van der Waals surface area contributed by atoms with Gasteiger partial charge in [0.1, 0.15) is 11.6 Å². The molecule has 0 saturated heterocycles. The molecule has 0 bridgehead atoms. The summed E-state index contributed by atoms with van der Waals surface area (Å²) in [6.45, 7) is 4.44. The molecule has 0 radical (unpaired) electrons. The Hall–Kier alpha value is -4.21. The molecule has 1 amide bonds. The Balaban J connectivity index is 1.74. The maximum Gasteiger partial charge on any atom is 0.408 e. The van der Waals surface area contributed by atoms with Crippen molar-refractivity contribution in [2.24, 2.45) is 0 Å². The van der Waals surface area contributed by atoms with E-state index < -0.39 is 41.0 Å². The van der Waals surface area contributed by atoms with Crippen LogP contribution >= 0.6 is 0 Å². The third-order valence-electron chi connectivity index (χ3n) is 4.80. The van der Waals surface area contributed by atoms with E-state index in [1.807, 2.05) is 24.3 Å². The molecule has 2 aromatic carbocycles. The number of fused-ring (bicyclic) bond motifs is 1. The van der Waals surface area contributed by atoms with Crippen LogP contribution in [0.3, 0.4) is 0 Å². The van der Waals surface area contributed by atoms with Gasteiger partial charge >= 0.3 is 12.1 Å². The summed E-state index contributed by atoms with van der Waals surface area (Å²) >= 11 is 0. The van der Waals surface area contributed by atoms with Gasteiger partial charge in [0, 0.05) is 41.2 Å². The van der Waals surface area contributed by atoms with Crippen molar-refractivity contribution in [2.75, 3.05) is 6.61 Å². The van der Waals surface area contributed by atoms with Gasteiger partial charge in [-0.05, 0) is 32.4 Å². The van der Waals surface area contributed by atoms with Crippen LogP contribution in [0.15, 0.2) is 54.7 Å². The van der Waals surface area contributed by atoms with E-state index in [2.05, 4.69) is 10.3 Å². The molecule has 1 atom stereocenters. The maximum atomic E-state index is 12.9. The average Bonchev–Trinajstić information content (AvgIpc) is 3.18. The van der Waals surface area contributed by atoms with Gasteiger partial charge in [0.25, 0.3) is 5.69 Å². The van der Waals surface area contributed by atoms with Crippen molar-refractivity contribution in [2.45, 2.75) is 38.8 Å². The Kier molecular flexibility index (Phi) is 7.30. The molecule has 0 saturated carbocycles. The van der Waals surface area contributed by atoms with Crippen LogP contribution in [0.4, 0.5) is 10.5 Å². The number of nitrogens with one attached hydrogen (secondary N) is 2. The molecule has 3 rings (SSSR count). The van der Waals surface area contributed by atoms with Gasteiger partial charge in [-0.3, -0.25) is 14.9 Å². The molecule has 0 fully saturated rings. The number of nitro benzene ring substituents is 1. The quantitative estimate of drug-likeness (QED) is 0.221. The molecule has 0 spiro atoms. The summed E-state index contributed by atoms with van der Waals surface area (Å²) in [5.41, 5.74) is 0.634. The lowest BCUT2D eigenvalue weighted by Gasteiger charge is -2.23. The normalized spacial score (nSPS) is 12.1. The number of hydrogen-bond donors (Lipinski definition) is 2. The van der Waals surface area contributed by atoms with E-state index in [9.17, 15) is 24.5 Å². The molecule has 2 N–H and O–H groups in total. The number of alkyl carbamates (subject to hydrolysis) is 1. The van der Waals surface area contributed by atoms with Crippen LogP contribution in [0.1, 0.15) is 36.7 Å². The third kappa shape index (κ3) is 6.41. The van der Waals surface area contributed by atoms with Crippen molar-refractivity contribution in [3.8, 4) is 0 Å². The maximum absolute atomic E-state index is 12.9. The number of H-pyrrole nitrogens is 1. The van der Waals surface area contributed by atoms with Gasteiger partial charge in [0.05, 0.1) is 4.92 Å². The summed E-state index contributed by atoms with van der Waals surface area (Å²) in [6.07, 6.45) is 1.02. The number of non-ortho nitro benzene ring substituents is 1. The van der Waals surface area contributed by atoms with Crippen LogP contribution in [0, 0.1) is 10.1 Å². The summed E-state index contributed by atoms with van der Waals surface area (Å²) in [7, 11) is 0. The van der Waals surface area contributed by atoms with Crippen molar-refractivity contribution >= 4 is 34.4 Å². The minimum atomic E-state index is -1.13. The third-order valence-corrected chi connectivity index (χ3v) is 4.80. The molecule has 1 heterocycles. The van der Waals surface area contributed by atoms with E-state index in [4.69, 9.17) is 9.47 Å². The molecule has 3 aromatic rings. The molecular weight excluding hydrogens is 442 g/mol. The number of aromatic amines is 1. The van der Waals surface area contributed by atoms with Crippen molar-refractivity contribution in [3.63, 3.8) is 0 Å². The first-order chi connectivity index (χ1) is 16.0. The van der Waals surface area contributed by atoms with E-state index in [-0.39, 0.29) is 17.7 Å². The van der Waals surface area contributed by atoms with Gasteiger partial charge < -0.3 is 19.8 Å². The number of Topliss-reactive ketones (excluding diaryl/α,β-unsaturated/α-hetero) is 1. The molecule has 10 heteroatoms. The number of nitro groups is 1. The predicted octanol–water partition coefficient (Wildman–Crippen LogP) is 3.94. The summed E-state index contributed by atoms with van der Waals surface area (Å²) in [6, 6.07) is 11.5. The van der Waals surface area contributed by atoms with E-state index in [1.54, 1.807) is 27.0 Å². The largest absolute Gasteiger partial charge is 0.456 e. The first-order valence-electron chi connectivity index (χ1n) is 10.5. The minimum absolute atomic E-state index is 0.0373. The monoisotopic (exact) mass is 467 g/mol. The highest BCUT2D eigenvalue weighted by molar-refractivity contribution is 5.98. The number of ether oxygens (including phenoxy) is 2. The second kappa shape index (κ2) is 10.2. The van der Waals surface area contributed by atoms with E-state index in [0.717, 1.165) is 22.5 Å². The van der Waals surface area contributed by atoms with Crippen molar-refractivity contribution < 1.29 is 28.8 Å². The van der Waals surface area contributed by atoms with E-state index in [1.165, 1.54) is 18.2 Å². The molecule has 10 nitrogen and oxygen atoms in total. The summed E-state index contributed by atoms with van der Waals surface area (Å²) < 4.78 is 10.4. The molecule has 178 valence electrons. The van der Waals surface area contributed by atoms with Gasteiger partial charge in [-0.25, -0.2) is 9.59 Å². The zero-order valence-corrected chi connectivity index (χ0v) is 19.0. The summed E-state index contributed by atoms with van der Waals surface area (Å²) in [4.78, 5) is 51.0. The number of rotatable bonds is 8. The number of para-hydroxylation sites is 1. The predicted molar refractivity (Wildman–Crippen MR) is 124 cm³/mol. The minimum Gasteiger partial charge on any atom is -0.456 e. The second-order valence-electron chi connectivity index (χ2n) is 8.60. The first kappa shape index (κ1) is 24.4. The van der Waals surface area contributed by atoms with E-state index in [0.29, 0.717) is 0 Å². The van der Waals surface area contributed by atoms with Gasteiger partial charge in [-0.1, -0.05) is 30.3 Å². The smallest absolute Gasteiger partial charge is 0.408 e. The highest BCUT2D eigenvalue weighted by Crippen LogP contribution is 2.20. The molecule has 0 unspecified atom stereocenters. The fraction of sp³-hybridized carbons (Fsp3) is 0.292. The van der Waals surface area contributed by atoms with Crippen molar-refractivity contribution in [1.29, 1.82) is 0 Å². The summed E-state index contributed by atoms with van der Waals surface area (Å²) in [5, 5.41) is 14.3. The number of amides is 1. The highest BCUT2D eigenvalue weighted by Gasteiger charge is 2.27. The number of aromatic nitrogens is 1. The molecule has 1 aromatic heterocycles. The zero-order chi connectivity index (χ0) is 24.9. The SMILES string of the molecule is CC(C)(C)OC(=O)N[C@@H](Cc1c[nH]c2ccccc12)C(=O)OCC(=O)c1cccc([N+](=O)[O-])c1. The van der Waals surface area contributed by atoms with Gasteiger partial charge in [0.2, 0.25) is 5.78 Å².